The predicted molar refractivity (Wildman–Crippen MR) is 51.0 cm³/mol. The first-order valence-electron chi connectivity index (χ1n) is 4.95. The van der Waals surface area contributed by atoms with Gasteiger partial charge in [0.1, 0.15) is 24.9 Å². The molecule has 0 aromatic carbocycles. The van der Waals surface area contributed by atoms with Crippen LogP contribution >= 0.6 is 0 Å². The predicted octanol–water partition coefficient (Wildman–Crippen LogP) is -0.903. The van der Waals surface area contributed by atoms with Crippen LogP contribution in [0.15, 0.2) is 0 Å². The third kappa shape index (κ3) is 1.40. The van der Waals surface area contributed by atoms with E-state index in [0.29, 0.717) is 0 Å². The molecule has 0 aromatic rings. The zero-order chi connectivity index (χ0) is 11.9. The van der Waals surface area contributed by atoms with Crippen molar-refractivity contribution in [2.24, 2.45) is 0 Å². The second kappa shape index (κ2) is 3.85. The van der Waals surface area contributed by atoms with Crippen molar-refractivity contribution in [2.75, 3.05) is 27.4 Å². The average Bonchev–Trinajstić information content (AvgIpc) is 2.78. The van der Waals surface area contributed by atoms with Crippen LogP contribution in [0.2, 0.25) is 0 Å². The molecule has 16 heavy (non-hydrogen) atoms. The summed E-state index contributed by atoms with van der Waals surface area (Å²) in [6.07, 6.45) is -2.54. The molecule has 0 aromatic heterocycles. The summed E-state index contributed by atoms with van der Waals surface area (Å²) in [4.78, 5) is 12.2. The number of nitrogens with zero attached hydrogens (tertiary/aromatic N) is 1. The van der Waals surface area contributed by atoms with E-state index >= 15 is 0 Å². The summed E-state index contributed by atoms with van der Waals surface area (Å²) in [5.41, 5.74) is 0. The summed E-state index contributed by atoms with van der Waals surface area (Å²) >= 11 is 0. The van der Waals surface area contributed by atoms with E-state index in [2.05, 4.69) is 0 Å². The molecule has 3 atom stereocenters. The molecule has 1 amide bonds. The lowest BCUT2D eigenvalue weighted by molar-refractivity contribution is -0.224. The van der Waals surface area contributed by atoms with Crippen molar-refractivity contribution in [3.8, 4) is 0 Å². The molecule has 0 radical (unpaired) electrons. The monoisotopic (exact) mass is 233 g/mol. The molecule has 0 saturated carbocycles. The summed E-state index contributed by atoms with van der Waals surface area (Å²) in [7, 11) is 2.86. The number of likely N-dealkylation sites (tertiary alicyclic amines) is 1. The SMILES string of the molecule is COC1(OC)CO[C@@H]2[C@H](O)CN(C(=O)O)[C@@H]21. The highest BCUT2D eigenvalue weighted by Gasteiger charge is 2.61. The second-order valence-electron chi connectivity index (χ2n) is 3.94. The zero-order valence-electron chi connectivity index (χ0n) is 9.12. The number of aliphatic hydroxyl groups is 1. The molecule has 2 aliphatic rings. The van der Waals surface area contributed by atoms with Gasteiger partial charge in [0, 0.05) is 14.2 Å². The first kappa shape index (κ1) is 11.6. The number of amides is 1. The van der Waals surface area contributed by atoms with Gasteiger partial charge in [-0.25, -0.2) is 4.79 Å². The molecule has 2 saturated heterocycles. The largest absolute Gasteiger partial charge is 0.465 e. The van der Waals surface area contributed by atoms with E-state index in [9.17, 15) is 9.90 Å². The van der Waals surface area contributed by atoms with E-state index in [1.165, 1.54) is 14.2 Å². The molecular formula is C9H15NO6. The number of carboxylic acid groups (broad SMARTS) is 1. The molecular weight excluding hydrogens is 218 g/mol. The molecule has 2 aliphatic heterocycles. The number of ether oxygens (including phenoxy) is 3. The smallest absolute Gasteiger partial charge is 0.407 e. The first-order valence-corrected chi connectivity index (χ1v) is 4.95. The number of methoxy groups -OCH3 is 2. The fourth-order valence-electron chi connectivity index (χ4n) is 2.43. The summed E-state index contributed by atoms with van der Waals surface area (Å²) in [6, 6.07) is -0.630. The van der Waals surface area contributed by atoms with E-state index in [4.69, 9.17) is 19.3 Å². The molecule has 0 aliphatic carbocycles. The van der Waals surface area contributed by atoms with Gasteiger partial charge in [0.15, 0.2) is 0 Å². The Kier molecular flexibility index (Phi) is 2.79. The lowest BCUT2D eigenvalue weighted by Gasteiger charge is -2.34. The maximum absolute atomic E-state index is 11.1. The van der Waals surface area contributed by atoms with Crippen molar-refractivity contribution >= 4 is 6.09 Å². The number of aliphatic hydroxyl groups excluding tert-OH is 1. The number of hydrogen-bond donors (Lipinski definition) is 2. The van der Waals surface area contributed by atoms with Crippen LogP contribution in [0.1, 0.15) is 0 Å². The highest BCUT2D eigenvalue weighted by Crippen LogP contribution is 2.38. The van der Waals surface area contributed by atoms with Gasteiger partial charge in [0.05, 0.1) is 6.54 Å². The molecule has 2 N–H and O–H groups in total. The molecule has 0 spiro atoms. The minimum atomic E-state index is -1.12. The van der Waals surface area contributed by atoms with E-state index in [0.717, 1.165) is 4.90 Å². The fourth-order valence-corrected chi connectivity index (χ4v) is 2.43. The highest BCUT2D eigenvalue weighted by molar-refractivity contribution is 5.66. The Labute approximate surface area is 92.5 Å². The Balaban J connectivity index is 2.31. The van der Waals surface area contributed by atoms with Gasteiger partial charge in [-0.1, -0.05) is 0 Å². The van der Waals surface area contributed by atoms with Crippen molar-refractivity contribution in [1.29, 1.82) is 0 Å². The van der Waals surface area contributed by atoms with E-state index in [1.807, 2.05) is 0 Å². The minimum absolute atomic E-state index is 0.0130. The minimum Gasteiger partial charge on any atom is -0.465 e. The standard InChI is InChI=1S/C9H15NO6/c1-14-9(15-2)4-16-6-5(11)3-10(7(6)9)8(12)13/h5-7,11H,3-4H2,1-2H3,(H,12,13)/t5-,6-,7+/m1/s1. The summed E-state index contributed by atoms with van der Waals surface area (Å²) in [6.45, 7) is 0.120. The molecule has 92 valence electrons. The zero-order valence-corrected chi connectivity index (χ0v) is 9.12. The van der Waals surface area contributed by atoms with Gasteiger partial charge < -0.3 is 24.4 Å². The van der Waals surface area contributed by atoms with E-state index in [1.54, 1.807) is 0 Å². The molecule has 2 heterocycles. The third-order valence-electron chi connectivity index (χ3n) is 3.27. The van der Waals surface area contributed by atoms with Crippen molar-refractivity contribution in [1.82, 2.24) is 4.90 Å². The van der Waals surface area contributed by atoms with Crippen LogP contribution in [-0.4, -0.2) is 72.6 Å². The molecule has 0 unspecified atom stereocenters. The quantitative estimate of drug-likeness (QED) is 0.601. The van der Waals surface area contributed by atoms with Crippen LogP contribution in [0.4, 0.5) is 4.79 Å². The Bertz CT molecular complexity index is 292. The average molecular weight is 233 g/mol. The van der Waals surface area contributed by atoms with Crippen molar-refractivity contribution in [2.45, 2.75) is 24.0 Å². The number of β-amino-alcohol motifs (C(OH)–C–C–N with tert-alkyl or cyclic N) is 1. The molecule has 0 bridgehead atoms. The van der Waals surface area contributed by atoms with Crippen LogP contribution in [0, 0.1) is 0 Å². The Morgan fingerprint density at radius 2 is 2.12 bits per heavy atom. The van der Waals surface area contributed by atoms with Gasteiger partial charge in [-0.05, 0) is 0 Å². The van der Waals surface area contributed by atoms with Crippen LogP contribution in [0.25, 0.3) is 0 Å². The normalized spacial score (nSPS) is 36.4. The van der Waals surface area contributed by atoms with Gasteiger partial charge in [-0.3, -0.25) is 4.90 Å². The second-order valence-corrected chi connectivity index (χ2v) is 3.94. The Morgan fingerprint density at radius 1 is 1.50 bits per heavy atom. The van der Waals surface area contributed by atoms with Crippen LogP contribution in [-0.2, 0) is 14.2 Å². The number of rotatable bonds is 2. The molecule has 7 nitrogen and oxygen atoms in total. The molecule has 2 rings (SSSR count). The van der Waals surface area contributed by atoms with Gasteiger partial charge in [0.2, 0.25) is 5.79 Å². The van der Waals surface area contributed by atoms with Gasteiger partial charge in [0.25, 0.3) is 0 Å². The van der Waals surface area contributed by atoms with Crippen molar-refractivity contribution in [3.63, 3.8) is 0 Å². The first-order chi connectivity index (χ1) is 7.55. The number of fused-ring (bicyclic) bond motifs is 1. The van der Waals surface area contributed by atoms with E-state index in [-0.39, 0.29) is 13.2 Å². The number of carbonyl (C=O) groups is 1. The topological polar surface area (TPSA) is 88.5 Å². The van der Waals surface area contributed by atoms with Crippen LogP contribution in [0.3, 0.4) is 0 Å². The number of hydrogen-bond acceptors (Lipinski definition) is 5. The third-order valence-corrected chi connectivity index (χ3v) is 3.27. The maximum atomic E-state index is 11.1. The highest BCUT2D eigenvalue weighted by atomic mass is 16.7. The fraction of sp³-hybridized carbons (Fsp3) is 0.889. The summed E-state index contributed by atoms with van der Waals surface area (Å²) < 4.78 is 15.8. The van der Waals surface area contributed by atoms with Crippen LogP contribution in [0.5, 0.6) is 0 Å². The van der Waals surface area contributed by atoms with E-state index < -0.39 is 30.1 Å². The van der Waals surface area contributed by atoms with Gasteiger partial charge in [-0.2, -0.15) is 0 Å². The maximum Gasteiger partial charge on any atom is 0.407 e. The lowest BCUT2D eigenvalue weighted by atomic mass is 10.1. The van der Waals surface area contributed by atoms with Crippen molar-refractivity contribution < 1.29 is 29.2 Å². The van der Waals surface area contributed by atoms with Crippen LogP contribution < -0.4 is 0 Å². The summed E-state index contributed by atoms with van der Waals surface area (Å²) in [5.74, 6) is -1.12. The van der Waals surface area contributed by atoms with Crippen molar-refractivity contribution in [3.05, 3.63) is 0 Å². The lowest BCUT2D eigenvalue weighted by Crippen LogP contribution is -2.54. The molecule has 7 heteroatoms. The Morgan fingerprint density at radius 3 is 2.62 bits per heavy atom. The Hall–Kier alpha value is -0.890. The molecule has 2 fully saturated rings. The summed E-state index contributed by atoms with van der Waals surface area (Å²) in [5, 5.41) is 18.8. The van der Waals surface area contributed by atoms with Gasteiger partial charge >= 0.3 is 6.09 Å². The van der Waals surface area contributed by atoms with Gasteiger partial charge in [-0.15, -0.1) is 0 Å².